The first kappa shape index (κ1) is 16.8. The van der Waals surface area contributed by atoms with Crippen molar-refractivity contribution < 1.29 is 19.0 Å². The summed E-state index contributed by atoms with van der Waals surface area (Å²) in [4.78, 5) is 16.8. The SMILES string of the molecule is CCOC(=O)C1=C(C)Nc2ncnn2[C@@H]1c1ccc(OC)c(OC)c1. The van der Waals surface area contributed by atoms with Gasteiger partial charge in [-0.1, -0.05) is 6.07 Å². The fourth-order valence-electron chi connectivity index (χ4n) is 2.90. The van der Waals surface area contributed by atoms with Crippen LogP contribution in [-0.4, -0.2) is 41.6 Å². The second-order valence-corrected chi connectivity index (χ2v) is 5.43. The van der Waals surface area contributed by atoms with E-state index in [-0.39, 0.29) is 0 Å². The van der Waals surface area contributed by atoms with Crippen LogP contribution in [0, 0.1) is 0 Å². The number of hydrogen-bond acceptors (Lipinski definition) is 7. The maximum absolute atomic E-state index is 12.6. The number of carbonyl (C=O) groups excluding carboxylic acids is 1. The maximum atomic E-state index is 12.6. The molecule has 1 atom stereocenters. The van der Waals surface area contributed by atoms with Crippen LogP contribution in [0.1, 0.15) is 25.5 Å². The van der Waals surface area contributed by atoms with Crippen LogP contribution in [0.15, 0.2) is 35.8 Å². The zero-order chi connectivity index (χ0) is 18.0. The lowest BCUT2D eigenvalue weighted by molar-refractivity contribution is -0.139. The number of nitrogens with zero attached hydrogens (tertiary/aromatic N) is 3. The molecule has 132 valence electrons. The van der Waals surface area contributed by atoms with Gasteiger partial charge in [0.1, 0.15) is 12.4 Å². The summed E-state index contributed by atoms with van der Waals surface area (Å²) in [6.45, 7) is 3.88. The lowest BCUT2D eigenvalue weighted by Crippen LogP contribution is -2.29. The minimum atomic E-state index is -0.474. The normalized spacial score (nSPS) is 16.1. The maximum Gasteiger partial charge on any atom is 0.338 e. The first-order chi connectivity index (χ1) is 12.1. The summed E-state index contributed by atoms with van der Waals surface area (Å²) in [7, 11) is 3.14. The number of ether oxygens (including phenoxy) is 3. The third kappa shape index (κ3) is 2.90. The van der Waals surface area contributed by atoms with E-state index >= 15 is 0 Å². The van der Waals surface area contributed by atoms with Crippen molar-refractivity contribution in [3.8, 4) is 11.5 Å². The molecular weight excluding hydrogens is 324 g/mol. The molecule has 1 aromatic heterocycles. The van der Waals surface area contributed by atoms with E-state index in [1.165, 1.54) is 6.33 Å². The highest BCUT2D eigenvalue weighted by Crippen LogP contribution is 2.38. The predicted molar refractivity (Wildman–Crippen MR) is 90.7 cm³/mol. The monoisotopic (exact) mass is 344 g/mol. The van der Waals surface area contributed by atoms with Gasteiger partial charge in [0.15, 0.2) is 11.5 Å². The highest BCUT2D eigenvalue weighted by Gasteiger charge is 2.34. The molecule has 0 spiro atoms. The zero-order valence-corrected chi connectivity index (χ0v) is 14.6. The lowest BCUT2D eigenvalue weighted by atomic mass is 9.95. The molecule has 0 saturated carbocycles. The van der Waals surface area contributed by atoms with Crippen LogP contribution in [0.2, 0.25) is 0 Å². The van der Waals surface area contributed by atoms with Crippen LogP contribution < -0.4 is 14.8 Å². The summed E-state index contributed by atoms with van der Waals surface area (Å²) in [6, 6.07) is 5.02. The van der Waals surface area contributed by atoms with Gasteiger partial charge in [-0.2, -0.15) is 10.1 Å². The Hall–Kier alpha value is -3.03. The van der Waals surface area contributed by atoms with Crippen LogP contribution in [0.3, 0.4) is 0 Å². The number of carbonyl (C=O) groups is 1. The van der Waals surface area contributed by atoms with Gasteiger partial charge in [0.2, 0.25) is 5.95 Å². The zero-order valence-electron chi connectivity index (χ0n) is 14.6. The second-order valence-electron chi connectivity index (χ2n) is 5.43. The molecular formula is C17H20N4O4. The molecule has 0 aliphatic carbocycles. The Labute approximate surface area is 145 Å². The molecule has 2 heterocycles. The Morgan fingerprint density at radius 2 is 2.04 bits per heavy atom. The average molecular weight is 344 g/mol. The Morgan fingerprint density at radius 3 is 2.72 bits per heavy atom. The highest BCUT2D eigenvalue weighted by molar-refractivity contribution is 5.92. The molecule has 0 amide bonds. The molecule has 0 radical (unpaired) electrons. The number of fused-ring (bicyclic) bond motifs is 1. The van der Waals surface area contributed by atoms with Gasteiger partial charge >= 0.3 is 5.97 Å². The molecule has 1 N–H and O–H groups in total. The summed E-state index contributed by atoms with van der Waals surface area (Å²) < 4.78 is 17.6. The average Bonchev–Trinajstić information content (AvgIpc) is 3.07. The Bertz CT molecular complexity index is 828. The van der Waals surface area contributed by atoms with Crippen molar-refractivity contribution in [3.05, 3.63) is 41.4 Å². The van der Waals surface area contributed by atoms with E-state index in [0.717, 1.165) is 5.56 Å². The molecule has 1 aliphatic heterocycles. The Balaban J connectivity index is 2.15. The van der Waals surface area contributed by atoms with E-state index in [2.05, 4.69) is 15.4 Å². The van der Waals surface area contributed by atoms with Gasteiger partial charge in [0.05, 0.1) is 26.4 Å². The molecule has 8 nitrogen and oxygen atoms in total. The van der Waals surface area contributed by atoms with Crippen LogP contribution in [0.4, 0.5) is 5.95 Å². The van der Waals surface area contributed by atoms with Crippen molar-refractivity contribution in [2.45, 2.75) is 19.9 Å². The minimum Gasteiger partial charge on any atom is -0.493 e. The second kappa shape index (κ2) is 6.84. The number of esters is 1. The van der Waals surface area contributed by atoms with Crippen LogP contribution in [-0.2, 0) is 9.53 Å². The molecule has 25 heavy (non-hydrogen) atoms. The van der Waals surface area contributed by atoms with E-state index in [4.69, 9.17) is 14.2 Å². The van der Waals surface area contributed by atoms with E-state index in [0.29, 0.717) is 35.3 Å². The van der Waals surface area contributed by atoms with Crippen LogP contribution in [0.25, 0.3) is 0 Å². The lowest BCUT2D eigenvalue weighted by Gasteiger charge is -2.28. The van der Waals surface area contributed by atoms with Gasteiger partial charge in [-0.15, -0.1) is 0 Å². The molecule has 1 aliphatic rings. The fourth-order valence-corrected chi connectivity index (χ4v) is 2.90. The Morgan fingerprint density at radius 1 is 1.28 bits per heavy atom. The third-order valence-corrected chi connectivity index (χ3v) is 4.01. The number of methoxy groups -OCH3 is 2. The molecule has 0 saturated heterocycles. The molecule has 0 bridgehead atoms. The van der Waals surface area contributed by atoms with Crippen molar-refractivity contribution in [1.29, 1.82) is 0 Å². The summed E-state index contributed by atoms with van der Waals surface area (Å²) in [6.07, 6.45) is 1.44. The number of hydrogen-bond donors (Lipinski definition) is 1. The first-order valence-electron chi connectivity index (χ1n) is 7.87. The topological polar surface area (TPSA) is 87.5 Å². The standard InChI is InChI=1S/C17H20N4O4/c1-5-25-16(22)14-10(2)20-17-18-9-19-21(17)15(14)11-6-7-12(23-3)13(8-11)24-4/h6-9,15H,5H2,1-4H3,(H,18,19,20)/t15-/m1/s1. The molecule has 1 aromatic carbocycles. The van der Waals surface area contributed by atoms with Crippen LogP contribution in [0.5, 0.6) is 11.5 Å². The Kier molecular flexibility index (Phi) is 4.60. The molecule has 2 aromatic rings. The summed E-state index contributed by atoms with van der Waals surface area (Å²) in [5, 5.41) is 7.36. The number of rotatable bonds is 5. The number of benzene rings is 1. The minimum absolute atomic E-state index is 0.290. The quantitative estimate of drug-likeness (QED) is 0.832. The number of anilines is 1. The van der Waals surface area contributed by atoms with Crippen molar-refractivity contribution in [3.63, 3.8) is 0 Å². The fraction of sp³-hybridized carbons (Fsp3) is 0.353. The summed E-state index contributed by atoms with van der Waals surface area (Å²) >= 11 is 0. The van der Waals surface area contributed by atoms with E-state index in [1.54, 1.807) is 31.9 Å². The number of nitrogens with one attached hydrogen (secondary N) is 1. The molecule has 3 rings (SSSR count). The van der Waals surface area contributed by atoms with Gasteiger partial charge in [-0.25, -0.2) is 9.48 Å². The molecule has 0 unspecified atom stereocenters. The number of allylic oxidation sites excluding steroid dienone is 1. The third-order valence-electron chi connectivity index (χ3n) is 4.01. The van der Waals surface area contributed by atoms with Crippen molar-refractivity contribution >= 4 is 11.9 Å². The van der Waals surface area contributed by atoms with E-state index in [9.17, 15) is 4.79 Å². The van der Waals surface area contributed by atoms with Gasteiger partial charge in [0, 0.05) is 5.70 Å². The summed E-state index contributed by atoms with van der Waals surface area (Å²) in [5.74, 6) is 1.34. The molecule has 8 heteroatoms. The first-order valence-corrected chi connectivity index (χ1v) is 7.87. The smallest absolute Gasteiger partial charge is 0.338 e. The predicted octanol–water partition coefficient (Wildman–Crippen LogP) is 2.15. The number of aromatic nitrogens is 3. The van der Waals surface area contributed by atoms with Gasteiger partial charge in [-0.3, -0.25) is 0 Å². The van der Waals surface area contributed by atoms with Crippen molar-refractivity contribution in [2.24, 2.45) is 0 Å². The van der Waals surface area contributed by atoms with Crippen LogP contribution >= 0.6 is 0 Å². The largest absolute Gasteiger partial charge is 0.493 e. The van der Waals surface area contributed by atoms with E-state index < -0.39 is 12.0 Å². The molecule has 0 fully saturated rings. The highest BCUT2D eigenvalue weighted by atomic mass is 16.5. The summed E-state index contributed by atoms with van der Waals surface area (Å²) in [5.41, 5.74) is 1.97. The van der Waals surface area contributed by atoms with E-state index in [1.807, 2.05) is 19.1 Å². The van der Waals surface area contributed by atoms with Crippen molar-refractivity contribution in [2.75, 3.05) is 26.1 Å². The van der Waals surface area contributed by atoms with Gasteiger partial charge < -0.3 is 19.5 Å². The van der Waals surface area contributed by atoms with Gasteiger partial charge in [-0.05, 0) is 31.5 Å². The van der Waals surface area contributed by atoms with Crippen molar-refractivity contribution in [1.82, 2.24) is 14.8 Å². The van der Waals surface area contributed by atoms with Gasteiger partial charge in [0.25, 0.3) is 0 Å².